The molecule has 9 heteroatoms. The van der Waals surface area contributed by atoms with E-state index >= 15 is 0 Å². The zero-order valence-electron chi connectivity index (χ0n) is 14.0. The standard InChI is InChI=1S/C17H16IN3O4S/c1-24-12-6-3-10(4-7-12)16(23)20-21-17(26)19-15(22)11-5-8-14(25-2)13(18)9-11/h3-9H,1-2H3,(H,20,23)(H2,19,21,22,26). The maximum atomic E-state index is 12.2. The quantitative estimate of drug-likeness (QED) is 0.350. The zero-order chi connectivity index (χ0) is 19.1. The minimum absolute atomic E-state index is 0.0253. The van der Waals surface area contributed by atoms with Gasteiger partial charge in [0.1, 0.15) is 11.5 Å². The number of ether oxygens (including phenoxy) is 2. The maximum Gasteiger partial charge on any atom is 0.269 e. The van der Waals surface area contributed by atoms with E-state index in [9.17, 15) is 9.59 Å². The Labute approximate surface area is 169 Å². The first kappa shape index (κ1) is 19.9. The van der Waals surface area contributed by atoms with Crippen molar-refractivity contribution in [3.63, 3.8) is 0 Å². The molecule has 0 radical (unpaired) electrons. The van der Waals surface area contributed by atoms with E-state index in [0.29, 0.717) is 22.6 Å². The van der Waals surface area contributed by atoms with Gasteiger partial charge >= 0.3 is 0 Å². The third-order valence-electron chi connectivity index (χ3n) is 3.28. The average molecular weight is 485 g/mol. The Kier molecular flexibility index (Phi) is 7.16. The van der Waals surface area contributed by atoms with Gasteiger partial charge in [-0.2, -0.15) is 0 Å². The van der Waals surface area contributed by atoms with Gasteiger partial charge in [-0.3, -0.25) is 25.8 Å². The molecule has 0 atom stereocenters. The van der Waals surface area contributed by atoms with Crippen LogP contribution >= 0.6 is 34.8 Å². The van der Waals surface area contributed by atoms with Crippen LogP contribution in [0.1, 0.15) is 20.7 Å². The minimum Gasteiger partial charge on any atom is -0.497 e. The van der Waals surface area contributed by atoms with Crippen molar-refractivity contribution in [2.24, 2.45) is 0 Å². The summed E-state index contributed by atoms with van der Waals surface area (Å²) in [6, 6.07) is 11.5. The Bertz CT molecular complexity index is 827. The molecule has 3 N–H and O–H groups in total. The highest BCUT2D eigenvalue weighted by molar-refractivity contribution is 14.1. The van der Waals surface area contributed by atoms with E-state index in [-0.39, 0.29) is 5.11 Å². The SMILES string of the molecule is COc1ccc(C(=O)NNC(=S)NC(=O)c2ccc(OC)c(I)c2)cc1. The summed E-state index contributed by atoms with van der Waals surface area (Å²) in [6.07, 6.45) is 0. The Morgan fingerprint density at radius 3 is 2.15 bits per heavy atom. The fraction of sp³-hybridized carbons (Fsp3) is 0.118. The number of hydrazine groups is 1. The predicted octanol–water partition coefficient (Wildman–Crippen LogP) is 2.26. The molecule has 136 valence electrons. The first-order chi connectivity index (χ1) is 12.4. The number of thiocarbonyl (C=S) groups is 1. The van der Waals surface area contributed by atoms with Crippen molar-refractivity contribution in [3.8, 4) is 11.5 Å². The molecule has 0 bridgehead atoms. The minimum atomic E-state index is -0.401. The number of hydrogen-bond donors (Lipinski definition) is 3. The van der Waals surface area contributed by atoms with Crippen molar-refractivity contribution in [1.29, 1.82) is 0 Å². The monoisotopic (exact) mass is 485 g/mol. The van der Waals surface area contributed by atoms with Gasteiger partial charge in [0, 0.05) is 11.1 Å². The lowest BCUT2D eigenvalue weighted by Crippen LogP contribution is -2.48. The molecule has 2 aromatic carbocycles. The van der Waals surface area contributed by atoms with Gasteiger partial charge in [-0.25, -0.2) is 0 Å². The summed E-state index contributed by atoms with van der Waals surface area (Å²) < 4.78 is 11.0. The normalized spacial score (nSPS) is 9.81. The van der Waals surface area contributed by atoms with Gasteiger partial charge in [0.25, 0.3) is 11.8 Å². The molecule has 26 heavy (non-hydrogen) atoms. The van der Waals surface area contributed by atoms with Crippen LogP contribution in [-0.4, -0.2) is 31.1 Å². The van der Waals surface area contributed by atoms with Gasteiger partial charge in [-0.15, -0.1) is 0 Å². The number of carbonyl (C=O) groups is 2. The van der Waals surface area contributed by atoms with Crippen molar-refractivity contribution in [2.75, 3.05) is 14.2 Å². The fourth-order valence-corrected chi connectivity index (χ4v) is 2.82. The first-order valence-electron chi connectivity index (χ1n) is 7.34. The largest absolute Gasteiger partial charge is 0.497 e. The van der Waals surface area contributed by atoms with E-state index in [4.69, 9.17) is 21.7 Å². The third kappa shape index (κ3) is 5.30. The zero-order valence-corrected chi connectivity index (χ0v) is 16.9. The molecule has 0 aromatic heterocycles. The fourth-order valence-electron chi connectivity index (χ4n) is 1.94. The summed E-state index contributed by atoms with van der Waals surface area (Å²) in [6.45, 7) is 0. The maximum absolute atomic E-state index is 12.2. The summed E-state index contributed by atoms with van der Waals surface area (Å²) in [7, 11) is 3.10. The highest BCUT2D eigenvalue weighted by atomic mass is 127. The summed E-state index contributed by atoms with van der Waals surface area (Å²) in [4.78, 5) is 24.2. The molecule has 7 nitrogen and oxygen atoms in total. The van der Waals surface area contributed by atoms with E-state index in [0.717, 1.165) is 3.57 Å². The van der Waals surface area contributed by atoms with Crippen molar-refractivity contribution in [2.45, 2.75) is 0 Å². The molecule has 0 aliphatic rings. The highest BCUT2D eigenvalue weighted by Crippen LogP contribution is 2.21. The number of amides is 2. The topological polar surface area (TPSA) is 88.7 Å². The smallest absolute Gasteiger partial charge is 0.269 e. The molecule has 0 fully saturated rings. The van der Waals surface area contributed by atoms with Crippen LogP contribution in [0.3, 0.4) is 0 Å². The number of carbonyl (C=O) groups excluding carboxylic acids is 2. The van der Waals surface area contributed by atoms with Crippen LogP contribution in [0.25, 0.3) is 0 Å². The Morgan fingerprint density at radius 1 is 0.923 bits per heavy atom. The van der Waals surface area contributed by atoms with E-state index < -0.39 is 11.8 Å². The molecule has 0 saturated heterocycles. The van der Waals surface area contributed by atoms with Crippen LogP contribution < -0.4 is 25.6 Å². The second-order valence-electron chi connectivity index (χ2n) is 4.94. The molecule has 0 saturated carbocycles. The van der Waals surface area contributed by atoms with E-state index in [1.807, 2.05) is 0 Å². The molecular formula is C17H16IN3O4S. The first-order valence-corrected chi connectivity index (χ1v) is 8.82. The van der Waals surface area contributed by atoms with Gasteiger partial charge in [-0.05, 0) is 77.3 Å². The molecular weight excluding hydrogens is 469 g/mol. The van der Waals surface area contributed by atoms with Crippen LogP contribution in [-0.2, 0) is 0 Å². The Hall–Kier alpha value is -2.40. The average Bonchev–Trinajstić information content (AvgIpc) is 2.66. The summed E-state index contributed by atoms with van der Waals surface area (Å²) in [5.41, 5.74) is 5.74. The second kappa shape index (κ2) is 9.34. The summed E-state index contributed by atoms with van der Waals surface area (Å²) >= 11 is 7.09. The summed E-state index contributed by atoms with van der Waals surface area (Å²) in [5.74, 6) is 0.519. The van der Waals surface area contributed by atoms with Crippen LogP contribution in [0.4, 0.5) is 0 Å². The van der Waals surface area contributed by atoms with Gasteiger partial charge in [-0.1, -0.05) is 0 Å². The number of methoxy groups -OCH3 is 2. The highest BCUT2D eigenvalue weighted by Gasteiger charge is 2.11. The van der Waals surface area contributed by atoms with Crippen molar-refractivity contribution in [3.05, 3.63) is 57.2 Å². The second-order valence-corrected chi connectivity index (χ2v) is 6.51. The van der Waals surface area contributed by atoms with Gasteiger partial charge < -0.3 is 9.47 Å². The van der Waals surface area contributed by atoms with E-state index in [1.54, 1.807) is 56.7 Å². The molecule has 0 unspecified atom stereocenters. The number of nitrogens with one attached hydrogen (secondary N) is 3. The van der Waals surface area contributed by atoms with Crippen LogP contribution in [0.15, 0.2) is 42.5 Å². The molecule has 2 rings (SSSR count). The van der Waals surface area contributed by atoms with Gasteiger partial charge in [0.15, 0.2) is 5.11 Å². The molecule has 0 spiro atoms. The van der Waals surface area contributed by atoms with Crippen molar-refractivity contribution >= 4 is 51.7 Å². The third-order valence-corrected chi connectivity index (χ3v) is 4.33. The Morgan fingerprint density at radius 2 is 1.58 bits per heavy atom. The molecule has 2 aromatic rings. The Balaban J connectivity index is 1.88. The number of halogens is 1. The number of benzene rings is 2. The van der Waals surface area contributed by atoms with Crippen LogP contribution in [0.5, 0.6) is 11.5 Å². The summed E-state index contributed by atoms with van der Waals surface area (Å²) in [5, 5.41) is 2.46. The number of rotatable bonds is 4. The molecule has 2 amide bonds. The lowest BCUT2D eigenvalue weighted by Gasteiger charge is -2.11. The van der Waals surface area contributed by atoms with E-state index in [2.05, 4.69) is 38.8 Å². The van der Waals surface area contributed by atoms with Gasteiger partial charge in [0.2, 0.25) is 0 Å². The lowest BCUT2D eigenvalue weighted by atomic mass is 10.2. The lowest BCUT2D eigenvalue weighted by molar-refractivity contribution is 0.0934. The van der Waals surface area contributed by atoms with Gasteiger partial charge in [0.05, 0.1) is 17.8 Å². The van der Waals surface area contributed by atoms with Crippen LogP contribution in [0, 0.1) is 3.57 Å². The van der Waals surface area contributed by atoms with Crippen LogP contribution in [0.2, 0.25) is 0 Å². The van der Waals surface area contributed by atoms with Crippen molar-refractivity contribution in [1.82, 2.24) is 16.2 Å². The van der Waals surface area contributed by atoms with E-state index in [1.165, 1.54) is 0 Å². The van der Waals surface area contributed by atoms with Crippen molar-refractivity contribution < 1.29 is 19.1 Å². The number of hydrogen-bond acceptors (Lipinski definition) is 5. The predicted molar refractivity (Wildman–Crippen MR) is 109 cm³/mol. The molecule has 0 aliphatic carbocycles. The molecule has 0 heterocycles. The molecule has 0 aliphatic heterocycles.